The van der Waals surface area contributed by atoms with Crippen LogP contribution in [0.3, 0.4) is 0 Å². The standard InChI is InChI=1S/C12H13ClN2O2/c13-11-3-1-2-9(14-11)7-4-5-15(12(16)17)10-6-8(7)10/h1-3,7-8,10H,4-6H2,(H,16,17). The fourth-order valence-electron chi connectivity index (χ4n) is 2.88. The van der Waals surface area contributed by atoms with Crippen LogP contribution in [-0.2, 0) is 0 Å². The summed E-state index contributed by atoms with van der Waals surface area (Å²) in [5, 5.41) is 9.54. The zero-order chi connectivity index (χ0) is 12.0. The molecule has 1 saturated heterocycles. The molecule has 0 spiro atoms. The fraction of sp³-hybridized carbons (Fsp3) is 0.500. The van der Waals surface area contributed by atoms with Gasteiger partial charge in [0.2, 0.25) is 0 Å². The van der Waals surface area contributed by atoms with Crippen molar-refractivity contribution in [1.29, 1.82) is 0 Å². The van der Waals surface area contributed by atoms with Crippen molar-refractivity contribution >= 4 is 17.7 Å². The van der Waals surface area contributed by atoms with Crippen molar-refractivity contribution < 1.29 is 9.90 Å². The van der Waals surface area contributed by atoms with Gasteiger partial charge in [-0.25, -0.2) is 9.78 Å². The number of nitrogens with zero attached hydrogens (tertiary/aromatic N) is 2. The Morgan fingerprint density at radius 3 is 3.06 bits per heavy atom. The Morgan fingerprint density at radius 2 is 2.35 bits per heavy atom. The third-order valence-corrected chi connectivity index (χ3v) is 3.98. The number of rotatable bonds is 1. The second kappa shape index (κ2) is 3.88. The van der Waals surface area contributed by atoms with Crippen LogP contribution in [0.4, 0.5) is 4.79 Å². The lowest BCUT2D eigenvalue weighted by atomic mass is 9.92. The molecule has 0 radical (unpaired) electrons. The van der Waals surface area contributed by atoms with E-state index in [1.165, 1.54) is 0 Å². The monoisotopic (exact) mass is 252 g/mol. The molecule has 1 aliphatic carbocycles. The van der Waals surface area contributed by atoms with E-state index in [9.17, 15) is 4.79 Å². The largest absolute Gasteiger partial charge is 0.465 e. The third-order valence-electron chi connectivity index (χ3n) is 3.77. The predicted octanol–water partition coefficient (Wildman–Crippen LogP) is 2.59. The first-order chi connectivity index (χ1) is 8.16. The highest BCUT2D eigenvalue weighted by molar-refractivity contribution is 6.29. The smallest absolute Gasteiger partial charge is 0.407 e. The molecule has 1 saturated carbocycles. The summed E-state index contributed by atoms with van der Waals surface area (Å²) in [6.07, 6.45) is 1.02. The highest BCUT2D eigenvalue weighted by atomic mass is 35.5. The second-order valence-corrected chi connectivity index (χ2v) is 5.11. The Balaban J connectivity index is 1.79. The number of likely N-dealkylation sites (tertiary alicyclic amines) is 1. The summed E-state index contributed by atoms with van der Waals surface area (Å²) in [7, 11) is 0. The minimum absolute atomic E-state index is 0.201. The maximum Gasteiger partial charge on any atom is 0.407 e. The van der Waals surface area contributed by atoms with Crippen LogP contribution in [0.25, 0.3) is 0 Å². The maximum atomic E-state index is 11.0. The fourth-order valence-corrected chi connectivity index (χ4v) is 3.05. The van der Waals surface area contributed by atoms with Crippen LogP contribution in [0.5, 0.6) is 0 Å². The average molecular weight is 253 g/mol. The van der Waals surface area contributed by atoms with Gasteiger partial charge in [-0.3, -0.25) is 0 Å². The van der Waals surface area contributed by atoms with Crippen LogP contribution in [-0.4, -0.2) is 33.7 Å². The van der Waals surface area contributed by atoms with Gasteiger partial charge in [0.05, 0.1) is 0 Å². The number of hydrogen-bond acceptors (Lipinski definition) is 2. The maximum absolute atomic E-state index is 11.0. The number of amides is 1. The van der Waals surface area contributed by atoms with Crippen molar-refractivity contribution in [3.63, 3.8) is 0 Å². The van der Waals surface area contributed by atoms with Crippen LogP contribution in [0, 0.1) is 5.92 Å². The first kappa shape index (κ1) is 10.8. The molecule has 1 aromatic rings. The van der Waals surface area contributed by atoms with Crippen molar-refractivity contribution in [3.05, 3.63) is 29.0 Å². The van der Waals surface area contributed by atoms with Gasteiger partial charge in [0.25, 0.3) is 0 Å². The zero-order valence-electron chi connectivity index (χ0n) is 9.21. The SMILES string of the molecule is O=C(O)N1CCC(c2cccc(Cl)n2)C2CC21. The normalized spacial score (nSPS) is 30.9. The molecule has 1 aliphatic heterocycles. The summed E-state index contributed by atoms with van der Waals surface area (Å²) in [6, 6.07) is 5.86. The van der Waals surface area contributed by atoms with Crippen LogP contribution >= 0.6 is 11.6 Å². The summed E-state index contributed by atoms with van der Waals surface area (Å²) >= 11 is 5.89. The van der Waals surface area contributed by atoms with Crippen molar-refractivity contribution in [3.8, 4) is 0 Å². The molecular weight excluding hydrogens is 240 g/mol. The van der Waals surface area contributed by atoms with Gasteiger partial charge in [-0.15, -0.1) is 0 Å². The molecule has 17 heavy (non-hydrogen) atoms. The number of halogens is 1. The third kappa shape index (κ3) is 1.86. The topological polar surface area (TPSA) is 53.4 Å². The molecule has 3 rings (SSSR count). The summed E-state index contributed by atoms with van der Waals surface area (Å²) < 4.78 is 0. The summed E-state index contributed by atoms with van der Waals surface area (Å²) in [4.78, 5) is 16.9. The Hall–Kier alpha value is -1.29. The number of hydrogen-bond donors (Lipinski definition) is 1. The highest BCUT2D eigenvalue weighted by Gasteiger charge is 2.52. The lowest BCUT2D eigenvalue weighted by Crippen LogP contribution is -2.38. The predicted molar refractivity (Wildman–Crippen MR) is 63.2 cm³/mol. The van der Waals surface area contributed by atoms with Gasteiger partial charge in [-0.1, -0.05) is 17.7 Å². The quantitative estimate of drug-likeness (QED) is 0.782. The molecular formula is C12H13ClN2O2. The second-order valence-electron chi connectivity index (χ2n) is 4.72. The summed E-state index contributed by atoms with van der Waals surface area (Å²) in [5.41, 5.74) is 1.01. The molecule has 3 unspecified atom stereocenters. The summed E-state index contributed by atoms with van der Waals surface area (Å²) in [6.45, 7) is 0.607. The van der Waals surface area contributed by atoms with Crippen LogP contribution < -0.4 is 0 Å². The Bertz CT molecular complexity index is 466. The van der Waals surface area contributed by atoms with E-state index in [1.807, 2.05) is 12.1 Å². The first-order valence-electron chi connectivity index (χ1n) is 5.79. The lowest BCUT2D eigenvalue weighted by molar-refractivity contribution is 0.127. The van der Waals surface area contributed by atoms with E-state index >= 15 is 0 Å². The number of carboxylic acid groups (broad SMARTS) is 1. The molecule has 2 fully saturated rings. The van der Waals surface area contributed by atoms with Gasteiger partial charge < -0.3 is 10.0 Å². The molecule has 2 aliphatic rings. The molecule has 1 amide bonds. The molecule has 1 N–H and O–H groups in total. The Kier molecular flexibility index (Phi) is 2.47. The van der Waals surface area contributed by atoms with Crippen molar-refractivity contribution in [2.75, 3.05) is 6.54 Å². The number of aromatic nitrogens is 1. The molecule has 1 aromatic heterocycles. The number of carbonyl (C=O) groups is 1. The first-order valence-corrected chi connectivity index (χ1v) is 6.16. The molecule has 5 heteroatoms. The van der Waals surface area contributed by atoms with Crippen LogP contribution in [0.1, 0.15) is 24.5 Å². The van der Waals surface area contributed by atoms with Gasteiger partial charge in [-0.2, -0.15) is 0 Å². The van der Waals surface area contributed by atoms with E-state index in [-0.39, 0.29) is 6.04 Å². The Morgan fingerprint density at radius 1 is 1.53 bits per heavy atom. The average Bonchev–Trinajstić information content (AvgIpc) is 3.06. The van der Waals surface area contributed by atoms with E-state index in [2.05, 4.69) is 4.98 Å². The van der Waals surface area contributed by atoms with Gasteiger partial charge in [0.1, 0.15) is 5.15 Å². The van der Waals surface area contributed by atoms with Gasteiger partial charge >= 0.3 is 6.09 Å². The van der Waals surface area contributed by atoms with E-state index in [0.717, 1.165) is 18.5 Å². The van der Waals surface area contributed by atoms with E-state index in [4.69, 9.17) is 16.7 Å². The van der Waals surface area contributed by atoms with Crippen molar-refractivity contribution in [2.24, 2.45) is 5.92 Å². The van der Waals surface area contributed by atoms with Crippen molar-refractivity contribution in [1.82, 2.24) is 9.88 Å². The Labute approximate surface area is 104 Å². The molecule has 3 atom stereocenters. The van der Waals surface area contributed by atoms with E-state index in [1.54, 1.807) is 11.0 Å². The molecule has 2 heterocycles. The van der Waals surface area contributed by atoms with Gasteiger partial charge in [0.15, 0.2) is 0 Å². The lowest BCUT2D eigenvalue weighted by Gasteiger charge is -2.29. The van der Waals surface area contributed by atoms with Crippen LogP contribution in [0.2, 0.25) is 5.15 Å². The minimum Gasteiger partial charge on any atom is -0.465 e. The van der Waals surface area contributed by atoms with Crippen molar-refractivity contribution in [2.45, 2.75) is 24.8 Å². The van der Waals surface area contributed by atoms with E-state index < -0.39 is 6.09 Å². The minimum atomic E-state index is -0.796. The number of piperidine rings is 1. The highest BCUT2D eigenvalue weighted by Crippen LogP contribution is 2.50. The molecule has 0 bridgehead atoms. The van der Waals surface area contributed by atoms with Gasteiger partial charge in [0, 0.05) is 24.2 Å². The zero-order valence-corrected chi connectivity index (χ0v) is 9.97. The van der Waals surface area contributed by atoms with Gasteiger partial charge in [-0.05, 0) is 30.9 Å². The van der Waals surface area contributed by atoms with Crippen LogP contribution in [0.15, 0.2) is 18.2 Å². The number of fused-ring (bicyclic) bond motifs is 1. The van der Waals surface area contributed by atoms with E-state index in [0.29, 0.717) is 23.5 Å². The molecule has 0 aromatic carbocycles. The molecule has 4 nitrogen and oxygen atoms in total. The number of pyridine rings is 1. The summed E-state index contributed by atoms with van der Waals surface area (Å²) in [5.74, 6) is 0.806. The molecule has 90 valence electrons.